The highest BCUT2D eigenvalue weighted by Crippen LogP contribution is 2.18. The Hall–Kier alpha value is -4.33. The lowest BCUT2D eigenvalue weighted by atomic mass is 10.1. The predicted octanol–water partition coefficient (Wildman–Crippen LogP) is 3.54. The standard InChI is InChI=1S/C23H20N6O2/c1-16-8-7-11-18(14-16)24-23(31)19-12-5-6-13-20(19)25-21(30)15-29-27-22(26-28-29)17-9-3-2-4-10-17/h2-14H,15H2,1H3,(H,24,31)(H,25,30). The summed E-state index contributed by atoms with van der Waals surface area (Å²) in [7, 11) is 0. The molecule has 0 saturated heterocycles. The van der Waals surface area contributed by atoms with Gasteiger partial charge in [-0.2, -0.15) is 4.80 Å². The summed E-state index contributed by atoms with van der Waals surface area (Å²) in [6.07, 6.45) is 0. The van der Waals surface area contributed by atoms with Gasteiger partial charge < -0.3 is 10.6 Å². The third-order valence-corrected chi connectivity index (χ3v) is 4.49. The van der Waals surface area contributed by atoms with E-state index in [9.17, 15) is 9.59 Å². The molecule has 0 bridgehead atoms. The van der Waals surface area contributed by atoms with Crippen LogP contribution in [0.4, 0.5) is 11.4 Å². The SMILES string of the molecule is Cc1cccc(NC(=O)c2ccccc2NC(=O)Cn2nnc(-c3ccccc3)n2)c1. The lowest BCUT2D eigenvalue weighted by molar-refractivity contribution is -0.117. The largest absolute Gasteiger partial charge is 0.324 e. The molecule has 0 aliphatic carbocycles. The van der Waals surface area contributed by atoms with Crippen molar-refractivity contribution in [2.24, 2.45) is 0 Å². The first-order valence-electron chi connectivity index (χ1n) is 9.68. The molecule has 0 radical (unpaired) electrons. The quantitative estimate of drug-likeness (QED) is 0.504. The smallest absolute Gasteiger partial charge is 0.257 e. The van der Waals surface area contributed by atoms with Crippen molar-refractivity contribution in [3.8, 4) is 11.4 Å². The van der Waals surface area contributed by atoms with Crippen LogP contribution >= 0.6 is 0 Å². The molecule has 8 nitrogen and oxygen atoms in total. The van der Waals surface area contributed by atoms with E-state index in [2.05, 4.69) is 26.0 Å². The summed E-state index contributed by atoms with van der Waals surface area (Å²) in [6.45, 7) is 1.82. The summed E-state index contributed by atoms with van der Waals surface area (Å²) in [5.74, 6) is -0.245. The van der Waals surface area contributed by atoms with Crippen LogP contribution in [0.15, 0.2) is 78.9 Å². The first-order valence-corrected chi connectivity index (χ1v) is 9.68. The minimum absolute atomic E-state index is 0.131. The fourth-order valence-corrected chi connectivity index (χ4v) is 3.04. The van der Waals surface area contributed by atoms with Gasteiger partial charge in [-0.3, -0.25) is 9.59 Å². The summed E-state index contributed by atoms with van der Waals surface area (Å²) in [4.78, 5) is 26.5. The second-order valence-electron chi connectivity index (χ2n) is 6.93. The van der Waals surface area contributed by atoms with E-state index in [-0.39, 0.29) is 18.4 Å². The first kappa shape index (κ1) is 20.0. The van der Waals surface area contributed by atoms with Crippen LogP contribution in [0.2, 0.25) is 0 Å². The number of rotatable bonds is 6. The van der Waals surface area contributed by atoms with E-state index in [0.29, 0.717) is 22.8 Å². The van der Waals surface area contributed by atoms with Gasteiger partial charge in [-0.25, -0.2) is 0 Å². The third-order valence-electron chi connectivity index (χ3n) is 4.49. The second-order valence-corrected chi connectivity index (χ2v) is 6.93. The summed E-state index contributed by atoms with van der Waals surface area (Å²) < 4.78 is 0. The zero-order chi connectivity index (χ0) is 21.6. The molecule has 1 heterocycles. The molecule has 1 aromatic heterocycles. The molecule has 2 amide bonds. The van der Waals surface area contributed by atoms with E-state index >= 15 is 0 Å². The van der Waals surface area contributed by atoms with Gasteiger partial charge in [0.25, 0.3) is 5.91 Å². The van der Waals surface area contributed by atoms with E-state index < -0.39 is 0 Å². The van der Waals surface area contributed by atoms with Gasteiger partial charge in [-0.1, -0.05) is 54.6 Å². The predicted molar refractivity (Wildman–Crippen MR) is 117 cm³/mol. The number of benzene rings is 3. The number of nitrogens with one attached hydrogen (secondary N) is 2. The number of tetrazole rings is 1. The highest BCUT2D eigenvalue weighted by Gasteiger charge is 2.15. The molecule has 0 fully saturated rings. The number of carbonyl (C=O) groups is 2. The fourth-order valence-electron chi connectivity index (χ4n) is 3.04. The average Bonchev–Trinajstić information content (AvgIpc) is 3.23. The minimum Gasteiger partial charge on any atom is -0.324 e. The molecule has 154 valence electrons. The number of hydrogen-bond acceptors (Lipinski definition) is 5. The Labute approximate surface area is 178 Å². The maximum atomic E-state index is 12.7. The Morgan fingerprint density at radius 3 is 2.48 bits per heavy atom. The number of anilines is 2. The van der Waals surface area contributed by atoms with Crippen LogP contribution in [-0.4, -0.2) is 32.0 Å². The van der Waals surface area contributed by atoms with Crippen molar-refractivity contribution in [2.45, 2.75) is 13.5 Å². The molecule has 31 heavy (non-hydrogen) atoms. The van der Waals surface area contributed by atoms with Gasteiger partial charge in [0.15, 0.2) is 0 Å². The number of carbonyl (C=O) groups excluding carboxylic acids is 2. The fraction of sp³-hybridized carbons (Fsp3) is 0.0870. The molecule has 4 rings (SSSR count). The molecule has 8 heteroatoms. The number of amides is 2. The Morgan fingerprint density at radius 2 is 1.68 bits per heavy atom. The lowest BCUT2D eigenvalue weighted by Gasteiger charge is -2.11. The molecular weight excluding hydrogens is 392 g/mol. The molecule has 0 saturated carbocycles. The summed E-state index contributed by atoms with van der Waals surface area (Å²) >= 11 is 0. The Bertz CT molecular complexity index is 1220. The van der Waals surface area contributed by atoms with Gasteiger partial charge in [-0.15, -0.1) is 10.2 Å². The van der Waals surface area contributed by atoms with Crippen molar-refractivity contribution in [1.29, 1.82) is 0 Å². The van der Waals surface area contributed by atoms with Gasteiger partial charge in [0.05, 0.1) is 11.3 Å². The van der Waals surface area contributed by atoms with Crippen LogP contribution in [0.25, 0.3) is 11.4 Å². The molecule has 4 aromatic rings. The normalized spacial score (nSPS) is 10.5. The van der Waals surface area contributed by atoms with Crippen LogP contribution in [0, 0.1) is 6.92 Å². The summed E-state index contributed by atoms with van der Waals surface area (Å²) in [5.41, 5.74) is 3.29. The zero-order valence-electron chi connectivity index (χ0n) is 16.8. The number of nitrogens with zero attached hydrogens (tertiary/aromatic N) is 4. The second kappa shape index (κ2) is 9.00. The van der Waals surface area contributed by atoms with Crippen LogP contribution in [0.3, 0.4) is 0 Å². The molecule has 2 N–H and O–H groups in total. The number of hydrogen-bond donors (Lipinski definition) is 2. The number of aryl methyl sites for hydroxylation is 1. The van der Waals surface area contributed by atoms with Gasteiger partial charge in [0, 0.05) is 11.3 Å². The molecule has 0 atom stereocenters. The van der Waals surface area contributed by atoms with Crippen molar-refractivity contribution < 1.29 is 9.59 Å². The maximum absolute atomic E-state index is 12.7. The zero-order valence-corrected chi connectivity index (χ0v) is 16.8. The number of para-hydroxylation sites is 1. The van der Waals surface area contributed by atoms with E-state index in [1.165, 1.54) is 4.80 Å². The van der Waals surface area contributed by atoms with Crippen LogP contribution in [0.1, 0.15) is 15.9 Å². The Balaban J connectivity index is 1.44. The van der Waals surface area contributed by atoms with Crippen molar-refractivity contribution in [1.82, 2.24) is 20.2 Å². The monoisotopic (exact) mass is 412 g/mol. The topological polar surface area (TPSA) is 102 Å². The van der Waals surface area contributed by atoms with Gasteiger partial charge in [-0.05, 0) is 42.0 Å². The van der Waals surface area contributed by atoms with Crippen LogP contribution in [-0.2, 0) is 11.3 Å². The van der Waals surface area contributed by atoms with Crippen molar-refractivity contribution >= 4 is 23.2 Å². The van der Waals surface area contributed by atoms with Crippen molar-refractivity contribution in [3.05, 3.63) is 90.0 Å². The molecule has 0 aliphatic rings. The molecule has 3 aromatic carbocycles. The van der Waals surface area contributed by atoms with Crippen molar-refractivity contribution in [2.75, 3.05) is 10.6 Å². The lowest BCUT2D eigenvalue weighted by Crippen LogP contribution is -2.22. The number of aromatic nitrogens is 4. The van der Waals surface area contributed by atoms with Gasteiger partial charge >= 0.3 is 0 Å². The van der Waals surface area contributed by atoms with Gasteiger partial charge in [0.2, 0.25) is 11.7 Å². The third kappa shape index (κ3) is 4.99. The van der Waals surface area contributed by atoms with E-state index in [1.807, 2.05) is 61.5 Å². The minimum atomic E-state index is -0.368. The van der Waals surface area contributed by atoms with Crippen LogP contribution in [0.5, 0.6) is 0 Å². The highest BCUT2D eigenvalue weighted by molar-refractivity contribution is 6.10. The molecular formula is C23H20N6O2. The average molecular weight is 412 g/mol. The molecule has 0 aliphatic heterocycles. The summed E-state index contributed by atoms with van der Waals surface area (Å²) in [5, 5.41) is 17.8. The Kier molecular flexibility index (Phi) is 5.79. The van der Waals surface area contributed by atoms with Crippen LogP contribution < -0.4 is 10.6 Å². The summed E-state index contributed by atoms with van der Waals surface area (Å²) in [6, 6.07) is 23.7. The van der Waals surface area contributed by atoms with Crippen molar-refractivity contribution in [3.63, 3.8) is 0 Å². The molecule has 0 spiro atoms. The van der Waals surface area contributed by atoms with E-state index in [4.69, 9.17) is 0 Å². The maximum Gasteiger partial charge on any atom is 0.257 e. The highest BCUT2D eigenvalue weighted by atomic mass is 16.2. The van der Waals surface area contributed by atoms with E-state index in [1.54, 1.807) is 24.3 Å². The molecule has 0 unspecified atom stereocenters. The first-order chi connectivity index (χ1) is 15.1. The van der Waals surface area contributed by atoms with E-state index in [0.717, 1.165) is 11.1 Å². The Morgan fingerprint density at radius 1 is 0.903 bits per heavy atom. The van der Waals surface area contributed by atoms with Gasteiger partial charge in [0.1, 0.15) is 6.54 Å².